The van der Waals surface area contributed by atoms with E-state index in [1.165, 1.54) is 21.3 Å². The second kappa shape index (κ2) is 8.62. The lowest BCUT2D eigenvalue weighted by molar-refractivity contribution is -0.138. The van der Waals surface area contributed by atoms with Crippen molar-refractivity contribution in [3.05, 3.63) is 53.8 Å². The minimum atomic E-state index is -4.13. The minimum absolute atomic E-state index is 0.0349. The number of amides is 1. The molecule has 5 nitrogen and oxygen atoms in total. The average molecular weight is 507 g/mol. The first kappa shape index (κ1) is 24.3. The summed E-state index contributed by atoms with van der Waals surface area (Å²) in [7, 11) is -2.54. The van der Waals surface area contributed by atoms with Gasteiger partial charge < -0.3 is 4.90 Å². The van der Waals surface area contributed by atoms with Gasteiger partial charge in [-0.1, -0.05) is 29.8 Å². The summed E-state index contributed by atoms with van der Waals surface area (Å²) in [6, 6.07) is 9.61. The van der Waals surface area contributed by atoms with Crippen LogP contribution in [-0.2, 0) is 14.8 Å². The predicted octanol–water partition coefficient (Wildman–Crippen LogP) is 4.85. The van der Waals surface area contributed by atoms with Gasteiger partial charge >= 0.3 is 0 Å². The zero-order chi connectivity index (χ0) is 25.1. The molecule has 0 N–H and O–H groups in total. The van der Waals surface area contributed by atoms with Crippen LogP contribution in [0, 0.1) is 24.6 Å². The Kier molecular flexibility index (Phi) is 5.99. The molecule has 1 aliphatic heterocycles. The van der Waals surface area contributed by atoms with Gasteiger partial charge in [0.2, 0.25) is 21.9 Å². The first-order valence-electron chi connectivity index (χ1n) is 12.0. The number of nitrogens with zero attached hydrogens (tertiary/aromatic N) is 2. The molecular weight excluding hydrogens is 477 g/mol. The largest absolute Gasteiger partial charge is 0.341 e. The number of benzene rings is 2. The van der Waals surface area contributed by atoms with Crippen LogP contribution in [0.5, 0.6) is 0 Å². The highest BCUT2D eigenvalue weighted by molar-refractivity contribution is 7.89. The highest BCUT2D eigenvalue weighted by Crippen LogP contribution is 2.52. The van der Waals surface area contributed by atoms with Gasteiger partial charge in [0.25, 0.3) is 0 Å². The molecule has 188 valence electrons. The van der Waals surface area contributed by atoms with Gasteiger partial charge in [-0.2, -0.15) is 4.31 Å². The Labute approximate surface area is 204 Å². The molecule has 35 heavy (non-hydrogen) atoms. The molecule has 0 aromatic heterocycles. The van der Waals surface area contributed by atoms with Gasteiger partial charge in [0, 0.05) is 43.6 Å². The average Bonchev–Trinajstić information content (AvgIpc) is 3.47. The van der Waals surface area contributed by atoms with E-state index in [1.54, 1.807) is 44.3 Å². The van der Waals surface area contributed by atoms with E-state index in [4.69, 9.17) is 0 Å². The first-order chi connectivity index (χ1) is 16.5. The van der Waals surface area contributed by atoms with Crippen LogP contribution in [0.2, 0.25) is 0 Å². The third-order valence-electron chi connectivity index (χ3n) is 7.83. The third-order valence-corrected chi connectivity index (χ3v) is 9.73. The maximum Gasteiger partial charge on any atom is 0.248 e. The molecule has 2 aliphatic carbocycles. The van der Waals surface area contributed by atoms with Gasteiger partial charge in [-0.3, -0.25) is 4.79 Å². The Bertz CT molecular complexity index is 1260. The number of piperidine rings is 1. The van der Waals surface area contributed by atoms with Crippen LogP contribution in [0.15, 0.2) is 47.4 Å². The Balaban J connectivity index is 1.47. The number of aryl methyl sites for hydroxylation is 1. The van der Waals surface area contributed by atoms with E-state index in [9.17, 15) is 26.4 Å². The van der Waals surface area contributed by atoms with E-state index < -0.39 is 27.8 Å². The fourth-order valence-electron chi connectivity index (χ4n) is 5.67. The second-order valence-corrected chi connectivity index (χ2v) is 12.1. The number of rotatable bonds is 5. The molecule has 3 aliphatic rings. The smallest absolute Gasteiger partial charge is 0.248 e. The summed E-state index contributed by atoms with van der Waals surface area (Å²) in [6.45, 7) is 2.03. The standard InChI is InChI=1S/C26H29F3N2O3S/c1-16-7-8-23(21(13-16)19-5-3-4-6-22(19)27)35(33,34)31-15-17-14-20(17)24(31)25(32)30(2)18-9-11-26(28,29)12-10-18/h3-8,13,17-18,20,24H,9-12,14-15H2,1-2H3/t17-,20-,24-/m0/s1. The molecule has 9 heteroatoms. The highest BCUT2D eigenvalue weighted by atomic mass is 32.2. The molecule has 3 fully saturated rings. The molecular formula is C26H29F3N2O3S. The van der Waals surface area contributed by atoms with Crippen molar-refractivity contribution in [2.45, 2.75) is 61.9 Å². The van der Waals surface area contributed by atoms with Crippen molar-refractivity contribution in [2.24, 2.45) is 11.8 Å². The van der Waals surface area contributed by atoms with Crippen molar-refractivity contribution in [2.75, 3.05) is 13.6 Å². The van der Waals surface area contributed by atoms with Crippen LogP contribution >= 0.6 is 0 Å². The summed E-state index contributed by atoms with van der Waals surface area (Å²) in [6.07, 6.45) is 0.607. The van der Waals surface area contributed by atoms with E-state index in [2.05, 4.69) is 0 Å². The van der Waals surface area contributed by atoms with Gasteiger partial charge in [-0.15, -0.1) is 0 Å². The van der Waals surface area contributed by atoms with E-state index in [0.717, 1.165) is 12.0 Å². The number of halogens is 3. The molecule has 3 atom stereocenters. The Morgan fingerprint density at radius 3 is 2.46 bits per heavy atom. The van der Waals surface area contributed by atoms with Crippen molar-refractivity contribution in [1.82, 2.24) is 9.21 Å². The van der Waals surface area contributed by atoms with Crippen LogP contribution in [0.4, 0.5) is 13.2 Å². The lowest BCUT2D eigenvalue weighted by atomic mass is 9.91. The number of hydrogen-bond acceptors (Lipinski definition) is 3. The summed E-state index contributed by atoms with van der Waals surface area (Å²) in [5.74, 6) is -3.55. The van der Waals surface area contributed by atoms with Crippen LogP contribution in [0.1, 0.15) is 37.7 Å². The number of carbonyl (C=O) groups is 1. The molecule has 1 amide bonds. The third kappa shape index (κ3) is 4.37. The molecule has 0 bridgehead atoms. The Hall–Kier alpha value is -2.39. The van der Waals surface area contributed by atoms with Gasteiger partial charge in [0.05, 0.1) is 4.90 Å². The molecule has 2 aromatic rings. The number of sulfonamides is 1. The van der Waals surface area contributed by atoms with Gasteiger partial charge in [-0.25, -0.2) is 21.6 Å². The number of fused-ring (bicyclic) bond motifs is 1. The molecule has 5 rings (SSSR count). The van der Waals surface area contributed by atoms with Crippen molar-refractivity contribution < 1.29 is 26.4 Å². The van der Waals surface area contributed by atoms with Crippen molar-refractivity contribution >= 4 is 15.9 Å². The SMILES string of the molecule is Cc1ccc(S(=O)(=O)N2C[C@@H]3C[C@@H]3[C@H]2C(=O)N(C)C2CCC(F)(F)CC2)c(-c2ccccc2F)c1. The van der Waals surface area contributed by atoms with Gasteiger partial charge in [-0.05, 0) is 56.2 Å². The maximum atomic E-state index is 14.7. The zero-order valence-corrected chi connectivity index (χ0v) is 20.6. The van der Waals surface area contributed by atoms with Gasteiger partial charge in [0.1, 0.15) is 11.9 Å². The van der Waals surface area contributed by atoms with E-state index in [-0.39, 0.29) is 72.0 Å². The lowest BCUT2D eigenvalue weighted by Gasteiger charge is -2.37. The number of carbonyl (C=O) groups excluding carboxylic acids is 1. The first-order valence-corrected chi connectivity index (χ1v) is 13.5. The van der Waals surface area contributed by atoms with Crippen molar-refractivity contribution in [3.63, 3.8) is 0 Å². The quantitative estimate of drug-likeness (QED) is 0.583. The van der Waals surface area contributed by atoms with Crippen molar-refractivity contribution in [1.29, 1.82) is 0 Å². The number of likely N-dealkylation sites (N-methyl/N-ethyl adjacent to an activating group) is 1. The topological polar surface area (TPSA) is 57.7 Å². The number of hydrogen-bond donors (Lipinski definition) is 0. The van der Waals surface area contributed by atoms with E-state index >= 15 is 0 Å². The predicted molar refractivity (Wildman–Crippen MR) is 126 cm³/mol. The maximum absolute atomic E-state index is 14.7. The molecule has 0 unspecified atom stereocenters. The lowest BCUT2D eigenvalue weighted by Crippen LogP contribution is -2.52. The Morgan fingerprint density at radius 1 is 1.09 bits per heavy atom. The van der Waals surface area contributed by atoms with Crippen LogP contribution in [-0.4, -0.2) is 55.1 Å². The van der Waals surface area contributed by atoms with Crippen LogP contribution in [0.3, 0.4) is 0 Å². The Morgan fingerprint density at radius 2 is 1.77 bits per heavy atom. The highest BCUT2D eigenvalue weighted by Gasteiger charge is 2.60. The summed E-state index contributed by atoms with van der Waals surface area (Å²) in [4.78, 5) is 15.0. The summed E-state index contributed by atoms with van der Waals surface area (Å²) in [5, 5.41) is 0. The fourth-order valence-corrected chi connectivity index (χ4v) is 7.54. The molecule has 2 aromatic carbocycles. The van der Waals surface area contributed by atoms with Gasteiger partial charge in [0.15, 0.2) is 0 Å². The molecule has 1 heterocycles. The monoisotopic (exact) mass is 506 g/mol. The van der Waals surface area contributed by atoms with Crippen LogP contribution < -0.4 is 0 Å². The fraction of sp³-hybridized carbons (Fsp3) is 0.500. The normalized spacial score (nSPS) is 26.4. The summed E-state index contributed by atoms with van der Waals surface area (Å²) < 4.78 is 71.1. The summed E-state index contributed by atoms with van der Waals surface area (Å²) in [5.41, 5.74) is 1.23. The van der Waals surface area contributed by atoms with E-state index in [0.29, 0.717) is 0 Å². The second-order valence-electron chi connectivity index (χ2n) is 10.2. The van der Waals surface area contributed by atoms with E-state index in [1.807, 2.05) is 0 Å². The number of alkyl halides is 2. The van der Waals surface area contributed by atoms with Crippen molar-refractivity contribution in [3.8, 4) is 11.1 Å². The minimum Gasteiger partial charge on any atom is -0.341 e. The molecule has 0 spiro atoms. The molecule has 1 saturated heterocycles. The molecule has 2 saturated carbocycles. The zero-order valence-electron chi connectivity index (χ0n) is 19.8. The van der Waals surface area contributed by atoms with Crippen LogP contribution in [0.25, 0.3) is 11.1 Å². The molecule has 0 radical (unpaired) electrons. The summed E-state index contributed by atoms with van der Waals surface area (Å²) >= 11 is 0.